The van der Waals surface area contributed by atoms with Gasteiger partial charge < -0.3 is 24.4 Å². The zero-order valence-corrected chi connectivity index (χ0v) is 12.8. The van der Waals surface area contributed by atoms with E-state index in [1.165, 1.54) is 6.92 Å². The van der Waals surface area contributed by atoms with E-state index in [1.54, 1.807) is 30.2 Å². The van der Waals surface area contributed by atoms with Crippen LogP contribution >= 0.6 is 0 Å². The van der Waals surface area contributed by atoms with Crippen LogP contribution in [-0.4, -0.2) is 56.9 Å². The maximum absolute atomic E-state index is 12.1. The number of rotatable bonds is 7. The van der Waals surface area contributed by atoms with E-state index in [1.807, 2.05) is 0 Å². The van der Waals surface area contributed by atoms with Crippen LogP contribution in [0.4, 0.5) is 0 Å². The lowest BCUT2D eigenvalue weighted by Crippen LogP contribution is -2.39. The first-order valence-electron chi connectivity index (χ1n) is 7.04. The highest BCUT2D eigenvalue weighted by Gasteiger charge is 2.16. The highest BCUT2D eigenvalue weighted by Crippen LogP contribution is 2.32. The van der Waals surface area contributed by atoms with Gasteiger partial charge in [0.15, 0.2) is 11.5 Å². The predicted molar refractivity (Wildman–Crippen MR) is 79.0 cm³/mol. The number of carbonyl (C=O) groups excluding carboxylic acids is 2. The maximum atomic E-state index is 12.1. The second kappa shape index (κ2) is 7.65. The number of amides is 2. The Morgan fingerprint density at radius 3 is 2.77 bits per heavy atom. The summed E-state index contributed by atoms with van der Waals surface area (Å²) < 4.78 is 15.4. The monoisotopic (exact) mass is 308 g/mol. The van der Waals surface area contributed by atoms with Crippen molar-refractivity contribution < 1.29 is 23.8 Å². The summed E-state index contributed by atoms with van der Waals surface area (Å²) in [5.74, 6) is 0.944. The van der Waals surface area contributed by atoms with E-state index in [0.29, 0.717) is 43.3 Å². The summed E-state index contributed by atoms with van der Waals surface area (Å²) in [7, 11) is 1.58. The normalized spacial score (nSPS) is 12.1. The standard InChI is InChI=1S/C15H20N2O5/c1-11(18)17(7-8-20-2)6-5-16-15(19)12-3-4-13-14(9-12)22-10-21-13/h3-4,9H,5-8,10H2,1-2H3,(H,16,19). The molecule has 7 nitrogen and oxygen atoms in total. The largest absolute Gasteiger partial charge is 0.454 e. The van der Waals surface area contributed by atoms with Gasteiger partial charge in [-0.05, 0) is 18.2 Å². The summed E-state index contributed by atoms with van der Waals surface area (Å²) in [5, 5.41) is 2.78. The topological polar surface area (TPSA) is 77.1 Å². The van der Waals surface area contributed by atoms with Crippen LogP contribution in [0, 0.1) is 0 Å². The highest BCUT2D eigenvalue weighted by molar-refractivity contribution is 5.94. The minimum absolute atomic E-state index is 0.0469. The molecule has 2 rings (SSSR count). The number of nitrogens with zero attached hydrogens (tertiary/aromatic N) is 1. The van der Waals surface area contributed by atoms with Crippen LogP contribution in [-0.2, 0) is 9.53 Å². The second-order valence-corrected chi connectivity index (χ2v) is 4.82. The van der Waals surface area contributed by atoms with Crippen LogP contribution < -0.4 is 14.8 Å². The molecule has 1 aromatic rings. The van der Waals surface area contributed by atoms with Crippen molar-refractivity contribution in [3.05, 3.63) is 23.8 Å². The smallest absolute Gasteiger partial charge is 0.251 e. The number of nitrogens with one attached hydrogen (secondary N) is 1. The van der Waals surface area contributed by atoms with Crippen molar-refractivity contribution in [2.75, 3.05) is 40.1 Å². The molecule has 1 N–H and O–H groups in total. The summed E-state index contributed by atoms with van der Waals surface area (Å²) in [6, 6.07) is 5.03. The fourth-order valence-electron chi connectivity index (χ4n) is 2.07. The average Bonchev–Trinajstić information content (AvgIpc) is 2.97. The van der Waals surface area contributed by atoms with Gasteiger partial charge in [-0.15, -0.1) is 0 Å². The Morgan fingerprint density at radius 2 is 2.05 bits per heavy atom. The molecule has 2 amide bonds. The number of methoxy groups -OCH3 is 1. The van der Waals surface area contributed by atoms with Crippen LogP contribution in [0.15, 0.2) is 18.2 Å². The molecule has 1 heterocycles. The molecule has 0 fully saturated rings. The van der Waals surface area contributed by atoms with Gasteiger partial charge in [-0.1, -0.05) is 0 Å². The number of hydrogen-bond donors (Lipinski definition) is 1. The van der Waals surface area contributed by atoms with Gasteiger partial charge in [0.25, 0.3) is 5.91 Å². The summed E-state index contributed by atoms with van der Waals surface area (Å²) in [4.78, 5) is 25.2. The molecule has 0 saturated heterocycles. The summed E-state index contributed by atoms with van der Waals surface area (Å²) in [6.07, 6.45) is 0. The molecule has 1 aliphatic heterocycles. The van der Waals surface area contributed by atoms with Gasteiger partial charge in [0.2, 0.25) is 12.7 Å². The fourth-order valence-corrected chi connectivity index (χ4v) is 2.07. The van der Waals surface area contributed by atoms with Gasteiger partial charge in [-0.2, -0.15) is 0 Å². The minimum atomic E-state index is -0.214. The lowest BCUT2D eigenvalue weighted by atomic mass is 10.2. The van der Waals surface area contributed by atoms with E-state index in [4.69, 9.17) is 14.2 Å². The molecule has 7 heteroatoms. The third kappa shape index (κ3) is 4.11. The molecule has 0 radical (unpaired) electrons. The van der Waals surface area contributed by atoms with Crippen LogP contribution in [0.1, 0.15) is 17.3 Å². The number of hydrogen-bond acceptors (Lipinski definition) is 5. The quantitative estimate of drug-likeness (QED) is 0.800. The van der Waals surface area contributed by atoms with Crippen molar-refractivity contribution in [1.82, 2.24) is 10.2 Å². The Morgan fingerprint density at radius 1 is 1.27 bits per heavy atom. The van der Waals surface area contributed by atoms with E-state index in [2.05, 4.69) is 5.32 Å². The Kier molecular flexibility index (Phi) is 5.60. The molecule has 0 spiro atoms. The van der Waals surface area contributed by atoms with Gasteiger partial charge in [-0.3, -0.25) is 9.59 Å². The number of carbonyl (C=O) groups is 2. The highest BCUT2D eigenvalue weighted by atomic mass is 16.7. The van der Waals surface area contributed by atoms with Gasteiger partial charge in [0.1, 0.15) is 0 Å². The third-order valence-electron chi connectivity index (χ3n) is 3.31. The first-order valence-corrected chi connectivity index (χ1v) is 7.04. The Hall–Kier alpha value is -2.28. The molecule has 0 aromatic heterocycles. The molecule has 0 saturated carbocycles. The van der Waals surface area contributed by atoms with E-state index < -0.39 is 0 Å². The van der Waals surface area contributed by atoms with Crippen molar-refractivity contribution in [2.24, 2.45) is 0 Å². The van der Waals surface area contributed by atoms with Gasteiger partial charge in [0.05, 0.1) is 6.61 Å². The lowest BCUT2D eigenvalue weighted by Gasteiger charge is -2.20. The van der Waals surface area contributed by atoms with Crippen LogP contribution in [0.25, 0.3) is 0 Å². The fraction of sp³-hybridized carbons (Fsp3) is 0.467. The lowest BCUT2D eigenvalue weighted by molar-refractivity contribution is -0.129. The van der Waals surface area contributed by atoms with Crippen molar-refractivity contribution in [3.8, 4) is 11.5 Å². The minimum Gasteiger partial charge on any atom is -0.454 e. The predicted octanol–water partition coefficient (Wildman–Crippen LogP) is 0.640. The molecule has 120 valence electrons. The molecule has 0 aliphatic carbocycles. The van der Waals surface area contributed by atoms with Gasteiger partial charge in [-0.25, -0.2) is 0 Å². The molecule has 1 aliphatic rings. The maximum Gasteiger partial charge on any atom is 0.251 e. The SMILES string of the molecule is COCCN(CCNC(=O)c1ccc2c(c1)OCO2)C(C)=O. The van der Waals surface area contributed by atoms with E-state index >= 15 is 0 Å². The Balaban J connectivity index is 1.83. The first-order chi connectivity index (χ1) is 10.6. The van der Waals surface area contributed by atoms with Crippen LogP contribution in [0.2, 0.25) is 0 Å². The van der Waals surface area contributed by atoms with Gasteiger partial charge in [0, 0.05) is 39.2 Å². The molecular formula is C15H20N2O5. The van der Waals surface area contributed by atoms with Crippen molar-refractivity contribution in [1.29, 1.82) is 0 Å². The molecule has 0 unspecified atom stereocenters. The average molecular weight is 308 g/mol. The molecule has 1 aromatic carbocycles. The van der Waals surface area contributed by atoms with Crippen LogP contribution in [0.3, 0.4) is 0 Å². The second-order valence-electron chi connectivity index (χ2n) is 4.82. The summed E-state index contributed by atoms with van der Waals surface area (Å²) >= 11 is 0. The van der Waals surface area contributed by atoms with E-state index in [0.717, 1.165) is 0 Å². The van der Waals surface area contributed by atoms with Crippen molar-refractivity contribution >= 4 is 11.8 Å². The first kappa shape index (κ1) is 16.1. The summed E-state index contributed by atoms with van der Waals surface area (Å²) in [5.41, 5.74) is 0.496. The molecular weight excluding hydrogens is 288 g/mol. The zero-order valence-electron chi connectivity index (χ0n) is 12.8. The van der Waals surface area contributed by atoms with Crippen LogP contribution in [0.5, 0.6) is 11.5 Å². The van der Waals surface area contributed by atoms with Crippen molar-refractivity contribution in [3.63, 3.8) is 0 Å². The third-order valence-corrected chi connectivity index (χ3v) is 3.31. The van der Waals surface area contributed by atoms with Crippen molar-refractivity contribution in [2.45, 2.75) is 6.92 Å². The van der Waals surface area contributed by atoms with E-state index in [-0.39, 0.29) is 18.6 Å². The Labute approximate surface area is 129 Å². The molecule has 0 bridgehead atoms. The van der Waals surface area contributed by atoms with E-state index in [9.17, 15) is 9.59 Å². The molecule has 0 atom stereocenters. The summed E-state index contributed by atoms with van der Waals surface area (Å²) in [6.45, 7) is 3.45. The zero-order chi connectivity index (χ0) is 15.9. The molecule has 22 heavy (non-hydrogen) atoms. The Bertz CT molecular complexity index is 547. The number of benzene rings is 1. The number of fused-ring (bicyclic) bond motifs is 1. The van der Waals surface area contributed by atoms with Gasteiger partial charge >= 0.3 is 0 Å². The number of ether oxygens (including phenoxy) is 3.